The van der Waals surface area contributed by atoms with Crippen LogP contribution in [0.3, 0.4) is 0 Å². The van der Waals surface area contributed by atoms with E-state index in [9.17, 15) is 9.59 Å². The molecule has 1 fully saturated rings. The summed E-state index contributed by atoms with van der Waals surface area (Å²) in [6.45, 7) is 2.80. The number of carbonyl (C=O) groups is 2. The number of benzene rings is 3. The molecule has 1 aliphatic rings. The number of methoxy groups -OCH3 is 1. The topological polar surface area (TPSA) is 111 Å². The molecule has 0 aliphatic carbocycles. The van der Waals surface area contributed by atoms with Crippen molar-refractivity contribution < 1.29 is 28.2 Å². The van der Waals surface area contributed by atoms with Gasteiger partial charge in [-0.2, -0.15) is 0 Å². The van der Waals surface area contributed by atoms with Gasteiger partial charge in [-0.3, -0.25) is 14.6 Å². The zero-order valence-corrected chi connectivity index (χ0v) is 26.5. The minimum Gasteiger partial charge on any atom is -0.493 e. The molecule has 0 spiro atoms. The van der Waals surface area contributed by atoms with Crippen LogP contribution in [0, 0.1) is 11.7 Å². The highest BCUT2D eigenvalue weighted by atomic mass is 35.5. The molecule has 0 radical (unpaired) electrons. The lowest BCUT2D eigenvalue weighted by Crippen LogP contribution is -2.36. The van der Waals surface area contributed by atoms with Crippen LogP contribution in [0.2, 0.25) is 5.02 Å². The number of aromatic nitrogens is 1. The van der Waals surface area contributed by atoms with Crippen molar-refractivity contribution in [1.82, 2.24) is 15.6 Å². The molecule has 2 amide bonds. The number of ether oxygens (including phenoxy) is 3. The molecule has 0 bridgehead atoms. The molecule has 1 aromatic heterocycles. The zero-order valence-electron chi connectivity index (χ0n) is 25.0. The standard InChI is InChI=1S/C32H32ClFN4O5.CH3Cl/c1-41-29-17-24-26(18-30(29)42-19-21-8-12-35-13-9-21)36-15-11-27(24)43-28-7-6-23(16-25(28)34)38-32(40)31(39)37-14-10-20-2-4-22(33)5-3-20;1-2/h2-7,11,15-18,21,35H,8-10,12-14,19H2,1H3,(H,37,39)(H,38,40);1H3. The molecular formula is C33H35Cl2FN4O5. The minimum absolute atomic E-state index is 0.0666. The predicted octanol–water partition coefficient (Wildman–Crippen LogP) is 6.36. The average molecular weight is 658 g/mol. The van der Waals surface area contributed by atoms with E-state index in [0.717, 1.165) is 37.6 Å². The van der Waals surface area contributed by atoms with E-state index in [1.54, 1.807) is 43.6 Å². The van der Waals surface area contributed by atoms with Gasteiger partial charge in [0.1, 0.15) is 5.75 Å². The third-order valence-corrected chi connectivity index (χ3v) is 7.40. The van der Waals surface area contributed by atoms with Gasteiger partial charge in [-0.05, 0) is 80.2 Å². The highest BCUT2D eigenvalue weighted by molar-refractivity contribution is 6.39. The van der Waals surface area contributed by atoms with Crippen LogP contribution >= 0.6 is 23.2 Å². The molecule has 238 valence electrons. The van der Waals surface area contributed by atoms with Gasteiger partial charge in [-0.25, -0.2) is 4.39 Å². The monoisotopic (exact) mass is 656 g/mol. The first-order valence-electron chi connectivity index (χ1n) is 14.4. The number of hydrogen-bond donors (Lipinski definition) is 3. The maximum Gasteiger partial charge on any atom is 0.313 e. The molecule has 1 saturated heterocycles. The van der Waals surface area contributed by atoms with Crippen LogP contribution in [0.5, 0.6) is 23.0 Å². The lowest BCUT2D eigenvalue weighted by atomic mass is 9.99. The first kappa shape index (κ1) is 33.8. The number of alkyl halides is 1. The SMILES string of the molecule is CCl.COc1cc2c(Oc3ccc(NC(=O)C(=O)NCCc4ccc(Cl)cc4)cc3F)ccnc2cc1OCC1CCNCC1. The summed E-state index contributed by atoms with van der Waals surface area (Å²) in [5.41, 5.74) is 1.68. The molecule has 12 heteroatoms. The number of nitrogens with one attached hydrogen (secondary N) is 3. The van der Waals surface area contributed by atoms with E-state index in [-0.39, 0.29) is 18.0 Å². The van der Waals surface area contributed by atoms with E-state index >= 15 is 4.39 Å². The lowest BCUT2D eigenvalue weighted by molar-refractivity contribution is -0.136. The highest BCUT2D eigenvalue weighted by Gasteiger charge is 2.18. The van der Waals surface area contributed by atoms with Gasteiger partial charge in [0.05, 0.1) is 19.2 Å². The number of pyridine rings is 1. The van der Waals surface area contributed by atoms with Gasteiger partial charge in [0.25, 0.3) is 0 Å². The van der Waals surface area contributed by atoms with Crippen LogP contribution in [0.4, 0.5) is 10.1 Å². The van der Waals surface area contributed by atoms with Gasteiger partial charge in [0.15, 0.2) is 23.1 Å². The van der Waals surface area contributed by atoms with E-state index in [2.05, 4.69) is 32.5 Å². The van der Waals surface area contributed by atoms with Crippen LogP contribution in [0.1, 0.15) is 18.4 Å². The normalized spacial score (nSPS) is 12.9. The molecule has 0 unspecified atom stereocenters. The van der Waals surface area contributed by atoms with E-state index in [0.29, 0.717) is 52.1 Å². The first-order valence-corrected chi connectivity index (χ1v) is 15.5. The Bertz CT molecular complexity index is 1600. The molecule has 3 N–H and O–H groups in total. The summed E-state index contributed by atoms with van der Waals surface area (Å²) in [5.74, 6) is -0.593. The third-order valence-electron chi connectivity index (χ3n) is 7.15. The average Bonchev–Trinajstić information content (AvgIpc) is 3.07. The van der Waals surface area contributed by atoms with Crippen LogP contribution in [-0.4, -0.2) is 56.5 Å². The molecule has 5 rings (SSSR count). The first-order chi connectivity index (χ1) is 21.9. The maximum absolute atomic E-state index is 15.0. The Kier molecular flexibility index (Phi) is 12.6. The van der Waals surface area contributed by atoms with Gasteiger partial charge in [0, 0.05) is 47.4 Å². The number of fused-ring (bicyclic) bond motifs is 1. The molecule has 4 aromatic rings. The molecule has 1 aliphatic heterocycles. The van der Waals surface area contributed by atoms with Gasteiger partial charge < -0.3 is 30.2 Å². The molecule has 2 heterocycles. The van der Waals surface area contributed by atoms with Crippen LogP contribution in [-0.2, 0) is 16.0 Å². The molecule has 9 nitrogen and oxygen atoms in total. The second kappa shape index (κ2) is 16.8. The summed E-state index contributed by atoms with van der Waals surface area (Å²) >= 11 is 10.5. The van der Waals surface area contributed by atoms with Crippen molar-refractivity contribution in [2.45, 2.75) is 19.3 Å². The Morgan fingerprint density at radius 2 is 1.71 bits per heavy atom. The van der Waals surface area contributed by atoms with Crippen molar-refractivity contribution in [2.75, 3.05) is 45.1 Å². The molecule has 45 heavy (non-hydrogen) atoms. The van der Waals surface area contributed by atoms with Crippen molar-refractivity contribution >= 4 is 51.6 Å². The molecule has 3 aromatic carbocycles. The van der Waals surface area contributed by atoms with Gasteiger partial charge in [-0.15, -0.1) is 11.6 Å². The minimum atomic E-state index is -0.908. The summed E-state index contributed by atoms with van der Waals surface area (Å²) in [4.78, 5) is 29.0. The lowest BCUT2D eigenvalue weighted by Gasteiger charge is -2.23. The van der Waals surface area contributed by atoms with E-state index in [4.69, 9.17) is 25.8 Å². The van der Waals surface area contributed by atoms with Crippen molar-refractivity contribution in [3.8, 4) is 23.0 Å². The number of hydrogen-bond acceptors (Lipinski definition) is 7. The van der Waals surface area contributed by atoms with E-state index < -0.39 is 17.6 Å². The van der Waals surface area contributed by atoms with E-state index in [1.807, 2.05) is 12.1 Å². The Morgan fingerprint density at radius 1 is 0.956 bits per heavy atom. The Hall–Kier alpha value is -4.12. The van der Waals surface area contributed by atoms with Crippen LogP contribution in [0.15, 0.2) is 66.9 Å². The second-order valence-corrected chi connectivity index (χ2v) is 10.6. The van der Waals surface area contributed by atoms with Crippen molar-refractivity contribution in [1.29, 1.82) is 0 Å². The Balaban J connectivity index is 0.00000226. The van der Waals surface area contributed by atoms with Crippen LogP contribution < -0.4 is 30.2 Å². The fourth-order valence-electron chi connectivity index (χ4n) is 4.77. The molecular weight excluding hydrogens is 622 g/mol. The number of carbonyl (C=O) groups excluding carboxylic acids is 2. The highest BCUT2D eigenvalue weighted by Crippen LogP contribution is 2.38. The molecule has 0 saturated carbocycles. The summed E-state index contributed by atoms with van der Waals surface area (Å²) in [5, 5.41) is 9.54. The van der Waals surface area contributed by atoms with Gasteiger partial charge in [-0.1, -0.05) is 23.7 Å². The summed E-state index contributed by atoms with van der Waals surface area (Å²) in [7, 11) is 1.56. The zero-order chi connectivity index (χ0) is 32.2. The van der Waals surface area contributed by atoms with Gasteiger partial charge in [0.2, 0.25) is 0 Å². The number of halogens is 3. The largest absolute Gasteiger partial charge is 0.493 e. The van der Waals surface area contributed by atoms with Crippen molar-refractivity contribution in [2.24, 2.45) is 5.92 Å². The molecule has 0 atom stereocenters. The Labute approximate surface area is 271 Å². The number of amides is 2. The number of rotatable bonds is 10. The van der Waals surface area contributed by atoms with Crippen LogP contribution in [0.25, 0.3) is 10.9 Å². The predicted molar refractivity (Wildman–Crippen MR) is 174 cm³/mol. The summed E-state index contributed by atoms with van der Waals surface area (Å²) in [6.07, 6.45) is 5.68. The summed E-state index contributed by atoms with van der Waals surface area (Å²) < 4.78 is 32.6. The second-order valence-electron chi connectivity index (χ2n) is 10.2. The van der Waals surface area contributed by atoms with E-state index in [1.165, 1.54) is 18.5 Å². The fourth-order valence-corrected chi connectivity index (χ4v) is 4.89. The Morgan fingerprint density at radius 3 is 2.42 bits per heavy atom. The smallest absolute Gasteiger partial charge is 0.313 e. The number of piperidine rings is 1. The third kappa shape index (κ3) is 9.43. The maximum atomic E-state index is 15.0. The quantitative estimate of drug-likeness (QED) is 0.135. The van der Waals surface area contributed by atoms with Gasteiger partial charge >= 0.3 is 11.8 Å². The van der Waals surface area contributed by atoms with Crippen molar-refractivity contribution in [3.63, 3.8) is 0 Å². The fraction of sp³-hybridized carbons (Fsp3) is 0.303. The summed E-state index contributed by atoms with van der Waals surface area (Å²) in [6, 6.07) is 16.3. The van der Waals surface area contributed by atoms with Crippen molar-refractivity contribution in [3.05, 3.63) is 83.3 Å². The number of anilines is 1. The number of nitrogens with zero attached hydrogens (tertiary/aromatic N) is 1.